The number of nitrogens with zero attached hydrogens (tertiary/aromatic N) is 2. The lowest BCUT2D eigenvalue weighted by atomic mass is 9.86. The quantitative estimate of drug-likeness (QED) is 0.778. The van der Waals surface area contributed by atoms with Gasteiger partial charge >= 0.3 is 0 Å². The van der Waals surface area contributed by atoms with Gasteiger partial charge in [-0.05, 0) is 24.7 Å². The van der Waals surface area contributed by atoms with Crippen LogP contribution >= 0.6 is 0 Å². The second-order valence-electron chi connectivity index (χ2n) is 7.76. The van der Waals surface area contributed by atoms with Gasteiger partial charge < -0.3 is 9.80 Å². The lowest BCUT2D eigenvalue weighted by molar-refractivity contribution is -0.134. The summed E-state index contributed by atoms with van der Waals surface area (Å²) in [5, 5.41) is 0. The van der Waals surface area contributed by atoms with Gasteiger partial charge in [0, 0.05) is 39.0 Å². The van der Waals surface area contributed by atoms with Crippen LogP contribution in [0.25, 0.3) is 0 Å². The molecule has 0 aromatic rings. The Kier molecular flexibility index (Phi) is 7.38. The van der Waals surface area contributed by atoms with Crippen molar-refractivity contribution in [2.24, 2.45) is 11.8 Å². The molecule has 2 amide bonds. The average molecular weight is 322 g/mol. The second-order valence-corrected chi connectivity index (χ2v) is 7.76. The zero-order valence-electron chi connectivity index (χ0n) is 15.1. The minimum Gasteiger partial charge on any atom is -0.341 e. The summed E-state index contributed by atoms with van der Waals surface area (Å²) in [4.78, 5) is 28.6. The van der Waals surface area contributed by atoms with Gasteiger partial charge in [-0.25, -0.2) is 0 Å². The summed E-state index contributed by atoms with van der Waals surface area (Å²) in [6.07, 6.45) is 9.97. The molecule has 0 N–H and O–H groups in total. The molecule has 1 saturated heterocycles. The Labute approximate surface area is 141 Å². The SMILES string of the molecule is CC(C)CC(=O)N1CCCN(C(=O)CCC2CCCCC2)CC1. The normalized spacial score (nSPS) is 20.7. The molecule has 1 heterocycles. The van der Waals surface area contributed by atoms with E-state index in [1.165, 1.54) is 32.1 Å². The van der Waals surface area contributed by atoms with Crippen molar-refractivity contribution in [2.75, 3.05) is 26.2 Å². The molecule has 23 heavy (non-hydrogen) atoms. The predicted octanol–water partition coefficient (Wildman–Crippen LogP) is 3.45. The summed E-state index contributed by atoms with van der Waals surface area (Å²) in [6, 6.07) is 0. The standard InChI is InChI=1S/C19H34N2O2/c1-16(2)15-19(23)21-12-6-11-20(13-14-21)18(22)10-9-17-7-4-3-5-8-17/h16-17H,3-15H2,1-2H3. The molecule has 2 rings (SSSR count). The molecule has 2 fully saturated rings. The van der Waals surface area contributed by atoms with Gasteiger partial charge in [0.2, 0.25) is 11.8 Å². The molecule has 0 aromatic heterocycles. The van der Waals surface area contributed by atoms with Crippen molar-refractivity contribution in [1.82, 2.24) is 9.80 Å². The smallest absolute Gasteiger partial charge is 0.222 e. The molecule has 1 aliphatic heterocycles. The fraction of sp³-hybridized carbons (Fsp3) is 0.895. The summed E-state index contributed by atoms with van der Waals surface area (Å²) >= 11 is 0. The van der Waals surface area contributed by atoms with Gasteiger partial charge in [-0.1, -0.05) is 46.0 Å². The van der Waals surface area contributed by atoms with Crippen LogP contribution in [0.1, 0.15) is 71.6 Å². The van der Waals surface area contributed by atoms with Gasteiger partial charge in [-0.2, -0.15) is 0 Å². The van der Waals surface area contributed by atoms with E-state index in [-0.39, 0.29) is 5.91 Å². The topological polar surface area (TPSA) is 40.6 Å². The molecule has 0 unspecified atom stereocenters. The number of hydrogen-bond acceptors (Lipinski definition) is 2. The third kappa shape index (κ3) is 6.15. The van der Waals surface area contributed by atoms with Crippen LogP contribution in [0.4, 0.5) is 0 Å². The van der Waals surface area contributed by atoms with Crippen LogP contribution < -0.4 is 0 Å². The molecule has 0 spiro atoms. The number of hydrogen-bond donors (Lipinski definition) is 0. The highest BCUT2D eigenvalue weighted by Crippen LogP contribution is 2.27. The summed E-state index contributed by atoms with van der Waals surface area (Å²) < 4.78 is 0. The molecule has 4 nitrogen and oxygen atoms in total. The second kappa shape index (κ2) is 9.29. The first-order valence-corrected chi connectivity index (χ1v) is 9.62. The first-order valence-electron chi connectivity index (χ1n) is 9.62. The number of rotatable bonds is 5. The zero-order valence-corrected chi connectivity index (χ0v) is 15.1. The summed E-state index contributed by atoms with van der Waals surface area (Å²) in [7, 11) is 0. The van der Waals surface area contributed by atoms with E-state index in [1.807, 2.05) is 9.80 Å². The monoisotopic (exact) mass is 322 g/mol. The molecule has 0 aromatic carbocycles. The van der Waals surface area contributed by atoms with E-state index in [0.717, 1.165) is 31.8 Å². The maximum atomic E-state index is 12.5. The fourth-order valence-electron chi connectivity index (χ4n) is 3.86. The molecule has 0 radical (unpaired) electrons. The first kappa shape index (κ1) is 18.3. The predicted molar refractivity (Wildman–Crippen MR) is 93.0 cm³/mol. The minimum atomic E-state index is 0.247. The number of carbonyl (C=O) groups is 2. The van der Waals surface area contributed by atoms with Gasteiger partial charge in [-0.3, -0.25) is 9.59 Å². The Morgan fingerprint density at radius 2 is 1.48 bits per heavy atom. The van der Waals surface area contributed by atoms with E-state index in [4.69, 9.17) is 0 Å². The van der Waals surface area contributed by atoms with Crippen molar-refractivity contribution in [1.29, 1.82) is 0 Å². The Bertz CT molecular complexity index is 389. The molecule has 132 valence electrons. The van der Waals surface area contributed by atoms with E-state index in [1.54, 1.807) is 0 Å². The molecule has 0 atom stereocenters. The van der Waals surface area contributed by atoms with Crippen molar-refractivity contribution in [3.63, 3.8) is 0 Å². The number of amides is 2. The summed E-state index contributed by atoms with van der Waals surface area (Å²) in [5.41, 5.74) is 0. The molecule has 2 aliphatic rings. The lowest BCUT2D eigenvalue weighted by Gasteiger charge is -2.25. The molecule has 1 saturated carbocycles. The van der Waals surface area contributed by atoms with Crippen LogP contribution in [0.3, 0.4) is 0 Å². The van der Waals surface area contributed by atoms with Crippen LogP contribution in [0, 0.1) is 11.8 Å². The van der Waals surface area contributed by atoms with Crippen molar-refractivity contribution < 1.29 is 9.59 Å². The summed E-state index contributed by atoms with van der Waals surface area (Å²) in [5.74, 6) is 1.72. The van der Waals surface area contributed by atoms with Crippen LogP contribution in [0.2, 0.25) is 0 Å². The van der Waals surface area contributed by atoms with Crippen LogP contribution in [0.5, 0.6) is 0 Å². The van der Waals surface area contributed by atoms with Crippen molar-refractivity contribution in [3.8, 4) is 0 Å². The highest BCUT2D eigenvalue weighted by Gasteiger charge is 2.23. The van der Waals surface area contributed by atoms with Gasteiger partial charge in [0.25, 0.3) is 0 Å². The van der Waals surface area contributed by atoms with Gasteiger partial charge in [0.05, 0.1) is 0 Å². The van der Waals surface area contributed by atoms with E-state index in [9.17, 15) is 9.59 Å². The minimum absolute atomic E-state index is 0.247. The maximum Gasteiger partial charge on any atom is 0.222 e. The van der Waals surface area contributed by atoms with Crippen molar-refractivity contribution >= 4 is 11.8 Å². The lowest BCUT2D eigenvalue weighted by Crippen LogP contribution is -2.37. The fourth-order valence-corrected chi connectivity index (χ4v) is 3.86. The maximum absolute atomic E-state index is 12.5. The van der Waals surface area contributed by atoms with E-state index < -0.39 is 0 Å². The van der Waals surface area contributed by atoms with E-state index in [2.05, 4.69) is 13.8 Å². The highest BCUT2D eigenvalue weighted by atomic mass is 16.2. The van der Waals surface area contributed by atoms with Crippen LogP contribution in [0.15, 0.2) is 0 Å². The average Bonchev–Trinajstić information content (AvgIpc) is 2.79. The van der Waals surface area contributed by atoms with Gasteiger partial charge in [-0.15, -0.1) is 0 Å². The third-order valence-electron chi connectivity index (χ3n) is 5.28. The highest BCUT2D eigenvalue weighted by molar-refractivity contribution is 5.77. The van der Waals surface area contributed by atoms with Crippen LogP contribution in [-0.2, 0) is 9.59 Å². The van der Waals surface area contributed by atoms with Crippen molar-refractivity contribution in [3.05, 3.63) is 0 Å². The van der Waals surface area contributed by atoms with Crippen LogP contribution in [-0.4, -0.2) is 47.8 Å². The Hall–Kier alpha value is -1.06. The third-order valence-corrected chi connectivity index (χ3v) is 5.28. The number of carbonyl (C=O) groups excluding carboxylic acids is 2. The Morgan fingerprint density at radius 1 is 0.870 bits per heavy atom. The zero-order chi connectivity index (χ0) is 16.7. The molecule has 1 aliphatic carbocycles. The molecular formula is C19H34N2O2. The first-order chi connectivity index (χ1) is 11.1. The van der Waals surface area contributed by atoms with Gasteiger partial charge in [0.15, 0.2) is 0 Å². The summed E-state index contributed by atoms with van der Waals surface area (Å²) in [6.45, 7) is 7.20. The van der Waals surface area contributed by atoms with Gasteiger partial charge in [0.1, 0.15) is 0 Å². The van der Waals surface area contributed by atoms with E-state index in [0.29, 0.717) is 37.8 Å². The molecule has 4 heteroatoms. The Balaban J connectivity index is 1.73. The molecule has 0 bridgehead atoms. The largest absolute Gasteiger partial charge is 0.341 e. The molecular weight excluding hydrogens is 288 g/mol. The van der Waals surface area contributed by atoms with Crippen molar-refractivity contribution in [2.45, 2.75) is 71.6 Å². The van der Waals surface area contributed by atoms with E-state index >= 15 is 0 Å². The Morgan fingerprint density at radius 3 is 2.09 bits per heavy atom.